The number of hydrogen-bond donors (Lipinski definition) is 2. The summed E-state index contributed by atoms with van der Waals surface area (Å²) in [6, 6.07) is 7.40. The van der Waals surface area contributed by atoms with Gasteiger partial charge < -0.3 is 10.6 Å². The van der Waals surface area contributed by atoms with Crippen LogP contribution in [0.4, 0.5) is 0 Å². The van der Waals surface area contributed by atoms with Crippen molar-refractivity contribution in [3.8, 4) is 0 Å². The Morgan fingerprint density at radius 1 is 1.19 bits per heavy atom. The lowest BCUT2D eigenvalue weighted by molar-refractivity contribution is 0.346. The van der Waals surface area contributed by atoms with Crippen LogP contribution in [0.3, 0.4) is 0 Å². The lowest BCUT2D eigenvalue weighted by Gasteiger charge is -2.23. The first-order valence-electron chi connectivity index (χ1n) is 8.77. The topological polar surface area (TPSA) is 70.6 Å². The Bertz CT molecular complexity index is 665. The van der Waals surface area contributed by atoms with Crippen LogP contribution in [0, 0.1) is 5.41 Å². The zero-order valence-corrected chi connectivity index (χ0v) is 19.9. The molecule has 5 nitrogen and oxygen atoms in total. The van der Waals surface area contributed by atoms with E-state index in [1.165, 1.54) is 6.26 Å². The third kappa shape index (κ3) is 10.4. The van der Waals surface area contributed by atoms with Gasteiger partial charge in [-0.1, -0.05) is 32.9 Å². The molecular weight excluding hydrogens is 461 g/mol. The highest BCUT2D eigenvalue weighted by molar-refractivity contribution is 14.0. The quantitative estimate of drug-likeness (QED) is 0.345. The van der Waals surface area contributed by atoms with Crippen LogP contribution in [0.5, 0.6) is 0 Å². The molecule has 0 saturated carbocycles. The molecule has 1 atom stereocenters. The maximum atomic E-state index is 11.5. The van der Waals surface area contributed by atoms with Crippen LogP contribution in [-0.4, -0.2) is 40.3 Å². The number of guanidine groups is 1. The SMILES string of the molecule is CN=C(NCCc1ccc(S(C)(=O)=O)cc1)NC(C)CCC(C)(C)C.I. The molecule has 0 aliphatic rings. The van der Waals surface area contributed by atoms with Crippen molar-refractivity contribution in [3.63, 3.8) is 0 Å². The predicted octanol–water partition coefficient (Wildman–Crippen LogP) is 3.63. The first kappa shape index (κ1) is 25.2. The minimum atomic E-state index is -3.13. The van der Waals surface area contributed by atoms with Crippen molar-refractivity contribution < 1.29 is 8.42 Å². The zero-order chi connectivity index (χ0) is 19.1. The Morgan fingerprint density at radius 2 is 1.77 bits per heavy atom. The van der Waals surface area contributed by atoms with E-state index in [0.717, 1.165) is 37.3 Å². The minimum absolute atomic E-state index is 0. The van der Waals surface area contributed by atoms with Crippen LogP contribution in [0.2, 0.25) is 0 Å². The molecule has 0 bridgehead atoms. The Kier molecular flexibility index (Phi) is 10.8. The molecule has 1 aromatic rings. The van der Waals surface area contributed by atoms with Crippen molar-refractivity contribution >= 4 is 39.8 Å². The van der Waals surface area contributed by atoms with E-state index in [0.29, 0.717) is 16.4 Å². The molecule has 0 amide bonds. The summed E-state index contributed by atoms with van der Waals surface area (Å²) >= 11 is 0. The van der Waals surface area contributed by atoms with Gasteiger partial charge in [0, 0.05) is 25.9 Å². The summed E-state index contributed by atoms with van der Waals surface area (Å²) in [5.41, 5.74) is 1.43. The first-order valence-corrected chi connectivity index (χ1v) is 10.7. The number of hydrogen-bond acceptors (Lipinski definition) is 3. The number of nitrogens with zero attached hydrogens (tertiary/aromatic N) is 1. The van der Waals surface area contributed by atoms with Gasteiger partial charge in [-0.15, -0.1) is 24.0 Å². The van der Waals surface area contributed by atoms with Crippen LogP contribution in [0.15, 0.2) is 34.2 Å². The van der Waals surface area contributed by atoms with Gasteiger partial charge in [-0.2, -0.15) is 0 Å². The van der Waals surface area contributed by atoms with E-state index in [4.69, 9.17) is 0 Å². The molecule has 0 saturated heterocycles. The Hall–Kier alpha value is -0.830. The van der Waals surface area contributed by atoms with Crippen molar-refractivity contribution in [2.45, 2.75) is 57.9 Å². The smallest absolute Gasteiger partial charge is 0.191 e. The fourth-order valence-corrected chi connectivity index (χ4v) is 3.01. The fourth-order valence-electron chi connectivity index (χ4n) is 2.38. The summed E-state index contributed by atoms with van der Waals surface area (Å²) in [4.78, 5) is 4.62. The van der Waals surface area contributed by atoms with Gasteiger partial charge in [0.15, 0.2) is 15.8 Å². The number of sulfone groups is 1. The summed E-state index contributed by atoms with van der Waals surface area (Å²) in [7, 11) is -1.36. The van der Waals surface area contributed by atoms with E-state index in [9.17, 15) is 8.42 Å². The second-order valence-corrected chi connectivity index (χ2v) is 9.83. The predicted molar refractivity (Wildman–Crippen MR) is 121 cm³/mol. The van der Waals surface area contributed by atoms with Crippen LogP contribution < -0.4 is 10.6 Å². The fraction of sp³-hybridized carbons (Fsp3) is 0.632. The van der Waals surface area contributed by atoms with E-state index < -0.39 is 9.84 Å². The van der Waals surface area contributed by atoms with Crippen LogP contribution in [0.1, 0.15) is 46.1 Å². The first-order chi connectivity index (χ1) is 11.5. The van der Waals surface area contributed by atoms with Gasteiger partial charge in [-0.05, 0) is 49.3 Å². The van der Waals surface area contributed by atoms with Crippen LogP contribution in [-0.2, 0) is 16.3 Å². The Labute approximate surface area is 176 Å². The molecular formula is C19H34IN3O2S. The second kappa shape index (κ2) is 11.1. The minimum Gasteiger partial charge on any atom is -0.356 e. The Morgan fingerprint density at radius 3 is 2.23 bits per heavy atom. The van der Waals surface area contributed by atoms with Gasteiger partial charge in [0.2, 0.25) is 0 Å². The molecule has 0 fully saturated rings. The average Bonchev–Trinajstić information content (AvgIpc) is 2.51. The van der Waals surface area contributed by atoms with Gasteiger partial charge in [0.25, 0.3) is 0 Å². The maximum Gasteiger partial charge on any atom is 0.191 e. The number of nitrogens with one attached hydrogen (secondary N) is 2. The Balaban J connectivity index is 0.00000625. The van der Waals surface area contributed by atoms with Crippen molar-refractivity contribution in [1.29, 1.82) is 0 Å². The number of benzene rings is 1. The van der Waals surface area contributed by atoms with Crippen molar-refractivity contribution in [2.24, 2.45) is 10.4 Å². The summed E-state index contributed by atoms with van der Waals surface area (Å²) in [5.74, 6) is 0.800. The molecule has 0 spiro atoms. The number of rotatable bonds is 7. The molecule has 1 rings (SSSR count). The lowest BCUT2D eigenvalue weighted by atomic mass is 9.89. The molecule has 1 unspecified atom stereocenters. The molecule has 150 valence electrons. The summed E-state index contributed by atoms with van der Waals surface area (Å²) < 4.78 is 22.9. The standard InChI is InChI=1S/C19H33N3O2S.HI/c1-15(11-13-19(2,3)4)22-18(20-5)21-14-12-16-7-9-17(10-8-16)25(6,23)24;/h7-10,15H,11-14H2,1-6H3,(H2,20,21,22);1H. The van der Waals surface area contributed by atoms with E-state index in [1.807, 2.05) is 12.1 Å². The zero-order valence-electron chi connectivity index (χ0n) is 16.8. The molecule has 1 aromatic carbocycles. The highest BCUT2D eigenvalue weighted by Crippen LogP contribution is 2.21. The average molecular weight is 495 g/mol. The van der Waals surface area contributed by atoms with Gasteiger partial charge in [-0.25, -0.2) is 8.42 Å². The van der Waals surface area contributed by atoms with E-state index >= 15 is 0 Å². The van der Waals surface area contributed by atoms with Gasteiger partial charge in [0.1, 0.15) is 0 Å². The number of aliphatic imine (C=N–C) groups is 1. The molecule has 0 aromatic heterocycles. The molecule has 2 N–H and O–H groups in total. The van der Waals surface area contributed by atoms with Gasteiger partial charge >= 0.3 is 0 Å². The van der Waals surface area contributed by atoms with Crippen LogP contribution >= 0.6 is 24.0 Å². The van der Waals surface area contributed by atoms with Gasteiger partial charge in [0.05, 0.1) is 4.90 Å². The monoisotopic (exact) mass is 495 g/mol. The van der Waals surface area contributed by atoms with Crippen molar-refractivity contribution in [3.05, 3.63) is 29.8 Å². The van der Waals surface area contributed by atoms with Gasteiger partial charge in [-0.3, -0.25) is 4.99 Å². The molecule has 7 heteroatoms. The van der Waals surface area contributed by atoms with E-state index in [1.54, 1.807) is 19.2 Å². The molecule has 0 radical (unpaired) electrons. The van der Waals surface area contributed by atoms with Crippen molar-refractivity contribution in [1.82, 2.24) is 10.6 Å². The largest absolute Gasteiger partial charge is 0.356 e. The normalized spacial score (nSPS) is 13.7. The van der Waals surface area contributed by atoms with Crippen molar-refractivity contribution in [2.75, 3.05) is 19.8 Å². The second-order valence-electron chi connectivity index (χ2n) is 7.81. The maximum absolute atomic E-state index is 11.5. The molecule has 0 aliphatic heterocycles. The molecule has 0 heterocycles. The highest BCUT2D eigenvalue weighted by atomic mass is 127. The lowest BCUT2D eigenvalue weighted by Crippen LogP contribution is -2.43. The molecule has 0 aliphatic carbocycles. The van der Waals surface area contributed by atoms with E-state index in [2.05, 4.69) is 43.3 Å². The third-order valence-electron chi connectivity index (χ3n) is 3.99. The van der Waals surface area contributed by atoms with E-state index in [-0.39, 0.29) is 24.0 Å². The van der Waals surface area contributed by atoms with Crippen LogP contribution in [0.25, 0.3) is 0 Å². The summed E-state index contributed by atoms with van der Waals surface area (Å²) in [5, 5.41) is 6.73. The summed E-state index contributed by atoms with van der Waals surface area (Å²) in [6.45, 7) is 9.66. The molecule has 26 heavy (non-hydrogen) atoms. The third-order valence-corrected chi connectivity index (χ3v) is 5.12. The highest BCUT2D eigenvalue weighted by Gasteiger charge is 2.13. The summed E-state index contributed by atoms with van der Waals surface area (Å²) in [6.07, 6.45) is 4.28. The number of halogens is 1.